The molecule has 0 amide bonds. The first-order valence-corrected chi connectivity index (χ1v) is 11.5. The van der Waals surface area contributed by atoms with E-state index in [0.29, 0.717) is 16.7 Å². The van der Waals surface area contributed by atoms with Crippen molar-refractivity contribution >= 4 is 31.6 Å². The second-order valence-electron chi connectivity index (χ2n) is 6.67. The Morgan fingerprint density at radius 1 is 0.852 bits per heavy atom. The number of sulfone groups is 2. The lowest BCUT2D eigenvalue weighted by atomic mass is 9.84. The molecule has 150 valence electrons. The molecule has 0 N–H and O–H groups in total. The van der Waals surface area contributed by atoms with Crippen molar-refractivity contribution in [3.8, 4) is 0 Å². The van der Waals surface area contributed by atoms with Crippen LogP contribution in [0.2, 0.25) is 0 Å². The second kappa shape index (κ2) is 7.23. The number of aryl methyl sites for hydroxylation is 3. The smallest absolute Gasteiger partial charge is 0.324 e. The van der Waals surface area contributed by atoms with Crippen LogP contribution in [-0.4, -0.2) is 58.6 Å². The largest absolute Gasteiger partial charge is 0.468 e. The predicted octanol–water partition coefficient (Wildman–Crippen LogP) is 0.579. The minimum atomic E-state index is -4.43. The Hall–Kier alpha value is -1.94. The molecule has 1 unspecified atom stereocenters. The first kappa shape index (κ1) is 21.4. The average molecular weight is 418 g/mol. The Morgan fingerprint density at radius 2 is 1.22 bits per heavy atom. The normalized spacial score (nSPS) is 26.2. The summed E-state index contributed by atoms with van der Waals surface area (Å²) in [6, 6.07) is 3.47. The van der Waals surface area contributed by atoms with Gasteiger partial charge in [0, 0.05) is 5.92 Å². The van der Waals surface area contributed by atoms with Crippen LogP contribution in [0.1, 0.15) is 28.2 Å². The van der Waals surface area contributed by atoms with Crippen molar-refractivity contribution in [3.63, 3.8) is 0 Å². The van der Waals surface area contributed by atoms with Gasteiger partial charge in [-0.3, -0.25) is 9.59 Å². The van der Waals surface area contributed by atoms with Gasteiger partial charge in [0.05, 0.1) is 14.2 Å². The SMILES string of the molecule is COC(=O)[C@@H]1C(c2c(C)cc(C)cc2C)[C@H](C(=O)OC)S(=O)(=O)CS1(=O)=O. The van der Waals surface area contributed by atoms with Gasteiger partial charge in [0.25, 0.3) is 0 Å². The summed E-state index contributed by atoms with van der Waals surface area (Å²) in [4.78, 5) is 24.7. The van der Waals surface area contributed by atoms with Crippen molar-refractivity contribution in [1.82, 2.24) is 0 Å². The van der Waals surface area contributed by atoms with Gasteiger partial charge >= 0.3 is 11.9 Å². The minimum Gasteiger partial charge on any atom is -0.468 e. The highest BCUT2D eigenvalue weighted by Gasteiger charge is 2.59. The summed E-state index contributed by atoms with van der Waals surface area (Å²) in [5.41, 5.74) is 2.35. The van der Waals surface area contributed by atoms with E-state index in [1.165, 1.54) is 0 Å². The molecule has 27 heavy (non-hydrogen) atoms. The van der Waals surface area contributed by atoms with Gasteiger partial charge < -0.3 is 9.47 Å². The lowest BCUT2D eigenvalue weighted by molar-refractivity contribution is -0.142. The maximum Gasteiger partial charge on any atom is 0.324 e. The van der Waals surface area contributed by atoms with E-state index in [-0.39, 0.29) is 0 Å². The van der Waals surface area contributed by atoms with Crippen molar-refractivity contribution in [2.24, 2.45) is 0 Å². The molecule has 1 fully saturated rings. The van der Waals surface area contributed by atoms with Gasteiger partial charge in [-0.1, -0.05) is 17.7 Å². The van der Waals surface area contributed by atoms with Crippen LogP contribution in [0.15, 0.2) is 12.1 Å². The van der Waals surface area contributed by atoms with E-state index in [1.54, 1.807) is 26.0 Å². The van der Waals surface area contributed by atoms with Gasteiger partial charge in [-0.25, -0.2) is 16.8 Å². The van der Waals surface area contributed by atoms with Crippen LogP contribution in [0.5, 0.6) is 0 Å². The standard InChI is InChI=1S/C17H22O8S2/c1-9-6-10(2)12(11(3)7-9)13-14(16(18)24-4)26(20,21)8-27(22,23)15(13)17(19)25-5/h6-7,13-15H,8H2,1-5H3/t13?,14-,15+. The summed E-state index contributed by atoms with van der Waals surface area (Å²) >= 11 is 0. The third-order valence-electron chi connectivity index (χ3n) is 4.69. The molecule has 8 nitrogen and oxygen atoms in total. The van der Waals surface area contributed by atoms with Crippen LogP contribution < -0.4 is 0 Å². The van der Waals surface area contributed by atoms with Crippen molar-refractivity contribution in [1.29, 1.82) is 0 Å². The van der Waals surface area contributed by atoms with Crippen LogP contribution in [0, 0.1) is 20.8 Å². The molecule has 0 aromatic heterocycles. The molecule has 0 bridgehead atoms. The van der Waals surface area contributed by atoms with Crippen molar-refractivity contribution in [2.75, 3.05) is 19.3 Å². The Bertz CT molecular complexity index is 917. The van der Waals surface area contributed by atoms with Gasteiger partial charge in [-0.05, 0) is 37.5 Å². The highest BCUT2D eigenvalue weighted by Crippen LogP contribution is 2.41. The average Bonchev–Trinajstić information content (AvgIpc) is 2.50. The van der Waals surface area contributed by atoms with E-state index in [1.807, 2.05) is 6.92 Å². The molecular formula is C17H22O8S2. The van der Waals surface area contributed by atoms with E-state index in [9.17, 15) is 26.4 Å². The summed E-state index contributed by atoms with van der Waals surface area (Å²) < 4.78 is 60.1. The molecule has 1 saturated heterocycles. The topological polar surface area (TPSA) is 121 Å². The molecule has 1 heterocycles. The molecule has 2 rings (SSSR count). The second-order valence-corrected chi connectivity index (χ2v) is 11.3. The van der Waals surface area contributed by atoms with Crippen LogP contribution in [0.3, 0.4) is 0 Å². The Morgan fingerprint density at radius 3 is 1.56 bits per heavy atom. The van der Waals surface area contributed by atoms with Gasteiger partial charge in [-0.15, -0.1) is 0 Å². The number of hydrogen-bond acceptors (Lipinski definition) is 8. The number of benzene rings is 1. The fraction of sp³-hybridized carbons (Fsp3) is 0.529. The lowest BCUT2D eigenvalue weighted by Gasteiger charge is -2.36. The minimum absolute atomic E-state index is 0.318. The lowest BCUT2D eigenvalue weighted by Crippen LogP contribution is -2.55. The van der Waals surface area contributed by atoms with Crippen LogP contribution >= 0.6 is 0 Å². The van der Waals surface area contributed by atoms with Crippen molar-refractivity contribution in [2.45, 2.75) is 37.2 Å². The number of ether oxygens (including phenoxy) is 2. The summed E-state index contributed by atoms with van der Waals surface area (Å²) in [7, 11) is -6.83. The molecule has 0 radical (unpaired) electrons. The van der Waals surface area contributed by atoms with Crippen molar-refractivity contribution < 1.29 is 35.9 Å². The van der Waals surface area contributed by atoms with E-state index in [4.69, 9.17) is 0 Å². The molecule has 0 saturated carbocycles. The van der Waals surface area contributed by atoms with Gasteiger partial charge in [0.2, 0.25) is 0 Å². The molecule has 1 aromatic rings. The molecule has 3 atom stereocenters. The van der Waals surface area contributed by atoms with Crippen molar-refractivity contribution in [3.05, 3.63) is 34.4 Å². The molecule has 1 aliphatic heterocycles. The Balaban J connectivity index is 2.92. The summed E-state index contributed by atoms with van der Waals surface area (Å²) in [6.45, 7) is 5.17. The molecular weight excluding hydrogens is 396 g/mol. The van der Waals surface area contributed by atoms with Crippen LogP contribution in [0.4, 0.5) is 0 Å². The number of carbonyl (C=O) groups is 2. The Labute approximate surface area is 158 Å². The van der Waals surface area contributed by atoms with E-state index in [0.717, 1.165) is 19.8 Å². The van der Waals surface area contributed by atoms with Crippen LogP contribution in [-0.2, 0) is 38.7 Å². The maximum absolute atomic E-state index is 12.7. The fourth-order valence-electron chi connectivity index (χ4n) is 3.82. The molecule has 1 aromatic carbocycles. The molecule has 0 aliphatic carbocycles. The number of carbonyl (C=O) groups excluding carboxylic acids is 2. The fourth-order valence-corrected chi connectivity index (χ4v) is 9.18. The maximum atomic E-state index is 12.7. The van der Waals surface area contributed by atoms with Gasteiger partial charge in [-0.2, -0.15) is 0 Å². The molecule has 1 aliphatic rings. The summed E-state index contributed by atoms with van der Waals surface area (Å²) in [5.74, 6) is -3.68. The number of hydrogen-bond donors (Lipinski definition) is 0. The zero-order valence-corrected chi connectivity index (χ0v) is 17.3. The van der Waals surface area contributed by atoms with E-state index < -0.39 is 53.1 Å². The van der Waals surface area contributed by atoms with Crippen LogP contribution in [0.25, 0.3) is 0 Å². The highest BCUT2D eigenvalue weighted by atomic mass is 32.3. The number of rotatable bonds is 3. The van der Waals surface area contributed by atoms with E-state index >= 15 is 0 Å². The zero-order valence-electron chi connectivity index (χ0n) is 15.7. The molecule has 0 spiro atoms. The monoisotopic (exact) mass is 418 g/mol. The van der Waals surface area contributed by atoms with Gasteiger partial charge in [0.1, 0.15) is 0 Å². The highest BCUT2D eigenvalue weighted by molar-refractivity contribution is 8.10. The first-order valence-electron chi connectivity index (χ1n) is 8.04. The van der Waals surface area contributed by atoms with E-state index in [2.05, 4.69) is 9.47 Å². The Kier molecular flexibility index (Phi) is 5.72. The van der Waals surface area contributed by atoms with Gasteiger partial charge in [0.15, 0.2) is 35.3 Å². The summed E-state index contributed by atoms with van der Waals surface area (Å²) in [5, 5.41) is -4.97. The third kappa shape index (κ3) is 3.73. The zero-order chi connectivity index (χ0) is 20.7. The first-order chi connectivity index (χ1) is 12.4. The quantitative estimate of drug-likeness (QED) is 0.654. The number of esters is 2. The molecule has 10 heteroatoms. The predicted molar refractivity (Wildman–Crippen MR) is 97.7 cm³/mol. The summed E-state index contributed by atoms with van der Waals surface area (Å²) in [6.07, 6.45) is 0. The number of methoxy groups -OCH3 is 2. The third-order valence-corrected chi connectivity index (χ3v) is 9.84.